The van der Waals surface area contributed by atoms with E-state index in [4.69, 9.17) is 5.26 Å². The molecule has 0 heterocycles. The van der Waals surface area contributed by atoms with Crippen LogP contribution < -0.4 is 0 Å². The third-order valence-electron chi connectivity index (χ3n) is 2.58. The number of phenols is 1. The highest BCUT2D eigenvalue weighted by Crippen LogP contribution is 2.32. The summed E-state index contributed by atoms with van der Waals surface area (Å²) >= 11 is 0. The van der Waals surface area contributed by atoms with Gasteiger partial charge in [0, 0.05) is 11.6 Å². The second-order valence-electron chi connectivity index (χ2n) is 3.77. The monoisotopic (exact) mass is 258 g/mol. The Morgan fingerprint density at radius 1 is 1.26 bits per heavy atom. The summed E-state index contributed by atoms with van der Waals surface area (Å²) in [5.74, 6) is -1.09. The van der Waals surface area contributed by atoms with E-state index < -0.39 is 22.2 Å². The van der Waals surface area contributed by atoms with E-state index in [2.05, 4.69) is 0 Å². The summed E-state index contributed by atoms with van der Waals surface area (Å²) < 4.78 is 13.7. The average Bonchev–Trinajstić information content (AvgIpc) is 2.40. The summed E-state index contributed by atoms with van der Waals surface area (Å²) in [6.45, 7) is 0. The van der Waals surface area contributed by atoms with Crippen LogP contribution in [-0.2, 0) is 0 Å². The van der Waals surface area contributed by atoms with Crippen molar-refractivity contribution in [3.8, 4) is 22.9 Å². The molecule has 0 saturated carbocycles. The van der Waals surface area contributed by atoms with Crippen molar-refractivity contribution in [1.82, 2.24) is 0 Å². The lowest BCUT2D eigenvalue weighted by molar-refractivity contribution is -0.385. The lowest BCUT2D eigenvalue weighted by Gasteiger charge is -2.05. The fraction of sp³-hybridized carbons (Fsp3) is 0. The van der Waals surface area contributed by atoms with Crippen LogP contribution in [0.1, 0.15) is 5.56 Å². The molecule has 0 fully saturated rings. The van der Waals surface area contributed by atoms with Gasteiger partial charge in [-0.15, -0.1) is 0 Å². The van der Waals surface area contributed by atoms with Crippen LogP contribution in [-0.4, -0.2) is 10.0 Å². The molecule has 0 aliphatic rings. The molecule has 6 heteroatoms. The zero-order valence-electron chi connectivity index (χ0n) is 9.50. The average molecular weight is 258 g/mol. The molecule has 0 radical (unpaired) electrons. The molecule has 0 aliphatic carbocycles. The third kappa shape index (κ3) is 2.35. The van der Waals surface area contributed by atoms with Gasteiger partial charge in [-0.3, -0.25) is 10.1 Å². The van der Waals surface area contributed by atoms with Gasteiger partial charge in [-0.05, 0) is 29.8 Å². The van der Waals surface area contributed by atoms with Crippen molar-refractivity contribution in [3.63, 3.8) is 0 Å². The van der Waals surface area contributed by atoms with Gasteiger partial charge in [-0.2, -0.15) is 5.26 Å². The largest absolute Gasteiger partial charge is 0.502 e. The number of halogens is 1. The molecule has 0 unspecified atom stereocenters. The van der Waals surface area contributed by atoms with Crippen LogP contribution in [0.15, 0.2) is 36.4 Å². The third-order valence-corrected chi connectivity index (χ3v) is 2.58. The first-order valence-electron chi connectivity index (χ1n) is 5.20. The zero-order valence-corrected chi connectivity index (χ0v) is 9.50. The second kappa shape index (κ2) is 4.74. The van der Waals surface area contributed by atoms with Crippen molar-refractivity contribution < 1.29 is 14.4 Å². The maximum atomic E-state index is 13.7. The molecule has 2 aromatic carbocycles. The minimum atomic E-state index is -0.759. The number of nitrogens with zero attached hydrogens (tertiary/aromatic N) is 2. The van der Waals surface area contributed by atoms with Gasteiger partial charge in [0.05, 0.1) is 16.6 Å². The molecule has 5 nitrogen and oxygen atoms in total. The van der Waals surface area contributed by atoms with Gasteiger partial charge in [0.1, 0.15) is 5.82 Å². The zero-order chi connectivity index (χ0) is 14.0. The summed E-state index contributed by atoms with van der Waals surface area (Å²) in [6, 6.07) is 9.12. The van der Waals surface area contributed by atoms with E-state index in [9.17, 15) is 19.6 Å². The number of nitro benzene ring substituents is 1. The highest BCUT2D eigenvalue weighted by atomic mass is 19.1. The molecular weight excluding hydrogens is 251 g/mol. The Bertz CT molecular complexity index is 708. The van der Waals surface area contributed by atoms with Gasteiger partial charge >= 0.3 is 5.69 Å². The Morgan fingerprint density at radius 2 is 2.00 bits per heavy atom. The number of aromatic hydroxyl groups is 1. The Labute approximate surface area is 107 Å². The standard InChI is InChI=1S/C13H7FN2O3/c14-11-3-1-8(7-15)5-10(11)9-2-4-13(17)12(6-9)16(18)19/h1-6,17H. The number of hydrogen-bond acceptors (Lipinski definition) is 4. The summed E-state index contributed by atoms with van der Waals surface area (Å²) in [4.78, 5) is 9.95. The van der Waals surface area contributed by atoms with Crippen LogP contribution >= 0.6 is 0 Å². The van der Waals surface area contributed by atoms with Gasteiger partial charge in [-0.1, -0.05) is 6.07 Å². The van der Waals surface area contributed by atoms with E-state index in [1.165, 1.54) is 18.2 Å². The van der Waals surface area contributed by atoms with E-state index in [0.717, 1.165) is 18.2 Å². The second-order valence-corrected chi connectivity index (χ2v) is 3.77. The van der Waals surface area contributed by atoms with Crippen molar-refractivity contribution in [2.75, 3.05) is 0 Å². The number of hydrogen-bond donors (Lipinski definition) is 1. The molecule has 94 valence electrons. The first-order chi connectivity index (χ1) is 9.02. The van der Waals surface area contributed by atoms with Gasteiger partial charge in [-0.25, -0.2) is 4.39 Å². The molecule has 1 N–H and O–H groups in total. The molecule has 2 aromatic rings. The number of nitriles is 1. The normalized spacial score (nSPS) is 9.89. The molecule has 2 rings (SSSR count). The topological polar surface area (TPSA) is 87.2 Å². The van der Waals surface area contributed by atoms with Crippen molar-refractivity contribution in [2.45, 2.75) is 0 Å². The minimum Gasteiger partial charge on any atom is -0.502 e. The van der Waals surface area contributed by atoms with Crippen LogP contribution in [0.2, 0.25) is 0 Å². The van der Waals surface area contributed by atoms with Crippen molar-refractivity contribution in [2.24, 2.45) is 0 Å². The quantitative estimate of drug-likeness (QED) is 0.662. The van der Waals surface area contributed by atoms with Crippen molar-refractivity contribution in [1.29, 1.82) is 5.26 Å². The molecule has 0 amide bonds. The molecule has 19 heavy (non-hydrogen) atoms. The van der Waals surface area contributed by atoms with Crippen LogP contribution in [0.4, 0.5) is 10.1 Å². The highest BCUT2D eigenvalue weighted by molar-refractivity contribution is 5.70. The highest BCUT2D eigenvalue weighted by Gasteiger charge is 2.16. The summed E-state index contributed by atoms with van der Waals surface area (Å²) in [6.07, 6.45) is 0. The van der Waals surface area contributed by atoms with Crippen LogP contribution in [0.25, 0.3) is 11.1 Å². The predicted molar refractivity (Wildman–Crippen MR) is 64.9 cm³/mol. The smallest absolute Gasteiger partial charge is 0.311 e. The van der Waals surface area contributed by atoms with Gasteiger partial charge in [0.25, 0.3) is 0 Å². The van der Waals surface area contributed by atoms with Crippen molar-refractivity contribution >= 4 is 5.69 Å². The molecule has 0 saturated heterocycles. The lowest BCUT2D eigenvalue weighted by atomic mass is 10.0. The molecule has 0 atom stereocenters. The maximum absolute atomic E-state index is 13.7. The van der Waals surface area contributed by atoms with Crippen LogP contribution in [0, 0.1) is 27.3 Å². The Morgan fingerprint density at radius 3 is 2.63 bits per heavy atom. The minimum absolute atomic E-state index is 0.0714. The van der Waals surface area contributed by atoms with E-state index in [1.54, 1.807) is 0 Å². The number of rotatable bonds is 2. The molecule has 0 spiro atoms. The summed E-state index contributed by atoms with van der Waals surface area (Å²) in [7, 11) is 0. The lowest BCUT2D eigenvalue weighted by Crippen LogP contribution is -1.91. The number of benzene rings is 2. The molecule has 0 bridgehead atoms. The van der Waals surface area contributed by atoms with Crippen molar-refractivity contribution in [3.05, 3.63) is 57.9 Å². The van der Waals surface area contributed by atoms with Gasteiger partial charge < -0.3 is 5.11 Å². The molecular formula is C13H7FN2O3. The van der Waals surface area contributed by atoms with Gasteiger partial charge in [0.15, 0.2) is 5.75 Å². The summed E-state index contributed by atoms with van der Waals surface area (Å²) in [5, 5.41) is 28.8. The summed E-state index contributed by atoms with van der Waals surface area (Å²) in [5.41, 5.74) is 0.0210. The first-order valence-corrected chi connectivity index (χ1v) is 5.20. The molecule has 0 aromatic heterocycles. The number of nitro groups is 1. The first kappa shape index (κ1) is 12.5. The fourth-order valence-electron chi connectivity index (χ4n) is 1.65. The molecule has 0 aliphatic heterocycles. The Balaban J connectivity index is 2.63. The Hall–Kier alpha value is -2.94. The van der Waals surface area contributed by atoms with E-state index >= 15 is 0 Å². The predicted octanol–water partition coefficient (Wildman–Crippen LogP) is 2.98. The maximum Gasteiger partial charge on any atom is 0.311 e. The van der Waals surface area contributed by atoms with E-state index in [1.807, 2.05) is 6.07 Å². The van der Waals surface area contributed by atoms with Crippen LogP contribution in [0.3, 0.4) is 0 Å². The Kier molecular flexibility index (Phi) is 3.12. The number of phenolic OH excluding ortho intramolecular Hbond substituents is 1. The fourth-order valence-corrected chi connectivity index (χ4v) is 1.65. The van der Waals surface area contributed by atoms with Gasteiger partial charge in [0.2, 0.25) is 0 Å². The van der Waals surface area contributed by atoms with Crippen LogP contribution in [0.5, 0.6) is 5.75 Å². The van der Waals surface area contributed by atoms with E-state index in [0.29, 0.717) is 0 Å². The SMILES string of the molecule is N#Cc1ccc(F)c(-c2ccc(O)c([N+](=O)[O-])c2)c1. The van der Waals surface area contributed by atoms with E-state index in [-0.39, 0.29) is 16.7 Å².